The van der Waals surface area contributed by atoms with Gasteiger partial charge in [0.25, 0.3) is 0 Å². The molecule has 0 aromatic heterocycles. The average molecular weight is 187 g/mol. The first kappa shape index (κ1) is 10.4. The van der Waals surface area contributed by atoms with E-state index >= 15 is 0 Å². The Morgan fingerprint density at radius 1 is 1.25 bits per heavy atom. The normalized spacial score (nSPS) is 32.2. The Kier molecular flexibility index (Phi) is 4.44. The number of unbranched alkanes of at least 4 members (excludes halogenated alkanes) is 1. The van der Waals surface area contributed by atoms with Crippen LogP contribution in [0.3, 0.4) is 0 Å². The van der Waals surface area contributed by atoms with Crippen molar-refractivity contribution in [2.24, 2.45) is 0 Å². The van der Waals surface area contributed by atoms with E-state index in [0.717, 1.165) is 12.1 Å². The van der Waals surface area contributed by atoms with Crippen LogP contribution >= 0.6 is 11.8 Å². The van der Waals surface area contributed by atoms with Gasteiger partial charge in [0, 0.05) is 23.6 Å². The summed E-state index contributed by atoms with van der Waals surface area (Å²) in [5.74, 6) is 2.65. The third kappa shape index (κ3) is 2.67. The minimum atomic E-state index is 0.797. The van der Waals surface area contributed by atoms with Gasteiger partial charge in [-0.15, -0.1) is 0 Å². The molecule has 0 saturated carbocycles. The van der Waals surface area contributed by atoms with E-state index in [1.54, 1.807) is 0 Å². The molecule has 1 aliphatic heterocycles. The lowest BCUT2D eigenvalue weighted by atomic mass is 10.2. The van der Waals surface area contributed by atoms with Crippen molar-refractivity contribution in [2.75, 3.05) is 18.1 Å². The molecule has 1 saturated heterocycles. The second-order valence-corrected chi connectivity index (χ2v) is 4.90. The van der Waals surface area contributed by atoms with Crippen LogP contribution in [0.15, 0.2) is 0 Å². The van der Waals surface area contributed by atoms with Gasteiger partial charge in [0.05, 0.1) is 0 Å². The molecule has 2 unspecified atom stereocenters. The zero-order chi connectivity index (χ0) is 8.97. The second-order valence-electron chi connectivity index (χ2n) is 3.83. The summed E-state index contributed by atoms with van der Waals surface area (Å²) in [4.78, 5) is 2.67. The van der Waals surface area contributed by atoms with Gasteiger partial charge in [-0.25, -0.2) is 0 Å². The van der Waals surface area contributed by atoms with Gasteiger partial charge in [-0.3, -0.25) is 4.90 Å². The van der Waals surface area contributed by atoms with Gasteiger partial charge in [0.2, 0.25) is 0 Å². The lowest BCUT2D eigenvalue weighted by Crippen LogP contribution is -2.46. The Morgan fingerprint density at radius 2 is 1.83 bits per heavy atom. The molecular weight excluding hydrogens is 166 g/mol. The molecule has 2 atom stereocenters. The zero-order valence-corrected chi connectivity index (χ0v) is 9.36. The number of thioether (sulfide) groups is 1. The number of hydrogen-bond donors (Lipinski definition) is 0. The molecule has 0 radical (unpaired) electrons. The molecule has 1 rings (SSSR count). The van der Waals surface area contributed by atoms with Gasteiger partial charge >= 0.3 is 0 Å². The van der Waals surface area contributed by atoms with Gasteiger partial charge < -0.3 is 0 Å². The first-order valence-electron chi connectivity index (χ1n) is 5.09. The predicted octanol–water partition coefficient (Wildman–Crippen LogP) is 2.61. The highest BCUT2D eigenvalue weighted by Gasteiger charge is 2.23. The van der Waals surface area contributed by atoms with E-state index in [1.165, 1.54) is 30.9 Å². The maximum Gasteiger partial charge on any atom is 0.0161 e. The quantitative estimate of drug-likeness (QED) is 0.668. The van der Waals surface area contributed by atoms with E-state index in [1.807, 2.05) is 0 Å². The van der Waals surface area contributed by atoms with Crippen LogP contribution in [0.5, 0.6) is 0 Å². The molecule has 0 amide bonds. The summed E-state index contributed by atoms with van der Waals surface area (Å²) in [6.07, 6.45) is 2.68. The molecule has 0 N–H and O–H groups in total. The molecule has 0 aromatic carbocycles. The summed E-state index contributed by atoms with van der Waals surface area (Å²) >= 11 is 2.11. The minimum absolute atomic E-state index is 0.797. The number of hydrogen-bond acceptors (Lipinski definition) is 2. The second kappa shape index (κ2) is 5.13. The molecule has 0 aromatic rings. The summed E-state index contributed by atoms with van der Waals surface area (Å²) in [7, 11) is 0. The highest BCUT2D eigenvalue weighted by Crippen LogP contribution is 2.21. The maximum atomic E-state index is 2.67. The topological polar surface area (TPSA) is 3.24 Å². The summed E-state index contributed by atoms with van der Waals surface area (Å²) in [6, 6.07) is 1.59. The fourth-order valence-corrected chi connectivity index (χ4v) is 3.02. The molecule has 1 heterocycles. The Hall–Kier alpha value is 0.310. The van der Waals surface area contributed by atoms with Crippen molar-refractivity contribution >= 4 is 11.8 Å². The fraction of sp³-hybridized carbons (Fsp3) is 1.00. The van der Waals surface area contributed by atoms with Crippen LogP contribution in [0.1, 0.15) is 33.6 Å². The van der Waals surface area contributed by atoms with Crippen LogP contribution < -0.4 is 0 Å². The Labute approximate surface area is 80.9 Å². The van der Waals surface area contributed by atoms with Gasteiger partial charge in [-0.2, -0.15) is 11.8 Å². The van der Waals surface area contributed by atoms with Crippen molar-refractivity contribution in [1.82, 2.24) is 4.90 Å². The summed E-state index contributed by atoms with van der Waals surface area (Å²) in [5.41, 5.74) is 0. The van der Waals surface area contributed by atoms with Crippen LogP contribution in [0.25, 0.3) is 0 Å². The lowest BCUT2D eigenvalue weighted by molar-refractivity contribution is 0.171. The van der Waals surface area contributed by atoms with E-state index in [0.29, 0.717) is 0 Å². The third-order valence-corrected chi connectivity index (χ3v) is 4.06. The Morgan fingerprint density at radius 3 is 2.33 bits per heavy atom. The molecule has 0 aliphatic carbocycles. The molecule has 1 aliphatic rings. The third-order valence-electron chi connectivity index (χ3n) is 2.62. The molecular formula is C10H21NS. The fourth-order valence-electron chi connectivity index (χ4n) is 1.82. The zero-order valence-electron chi connectivity index (χ0n) is 8.55. The van der Waals surface area contributed by atoms with E-state index in [2.05, 4.69) is 37.4 Å². The highest BCUT2D eigenvalue weighted by molar-refractivity contribution is 7.99. The molecule has 1 fully saturated rings. The van der Waals surface area contributed by atoms with E-state index < -0.39 is 0 Å². The Bertz CT molecular complexity index is 117. The van der Waals surface area contributed by atoms with Crippen molar-refractivity contribution < 1.29 is 0 Å². The SMILES string of the molecule is CCCCN1C(C)CSCC1C. The van der Waals surface area contributed by atoms with Gasteiger partial charge in [0.1, 0.15) is 0 Å². The van der Waals surface area contributed by atoms with Crippen LogP contribution in [0, 0.1) is 0 Å². The van der Waals surface area contributed by atoms with Gasteiger partial charge in [-0.05, 0) is 26.8 Å². The van der Waals surface area contributed by atoms with Gasteiger partial charge in [-0.1, -0.05) is 13.3 Å². The predicted molar refractivity (Wildman–Crippen MR) is 57.9 cm³/mol. The largest absolute Gasteiger partial charge is 0.296 e. The summed E-state index contributed by atoms with van der Waals surface area (Å²) in [6.45, 7) is 8.30. The molecule has 1 nitrogen and oxygen atoms in total. The minimum Gasteiger partial charge on any atom is -0.296 e. The van der Waals surface area contributed by atoms with E-state index in [9.17, 15) is 0 Å². The van der Waals surface area contributed by atoms with E-state index in [-0.39, 0.29) is 0 Å². The van der Waals surface area contributed by atoms with Gasteiger partial charge in [0.15, 0.2) is 0 Å². The van der Waals surface area contributed by atoms with Crippen LogP contribution in [-0.2, 0) is 0 Å². The lowest BCUT2D eigenvalue weighted by Gasteiger charge is -2.38. The van der Waals surface area contributed by atoms with Crippen molar-refractivity contribution in [3.8, 4) is 0 Å². The summed E-state index contributed by atoms with van der Waals surface area (Å²) in [5, 5.41) is 0. The standard InChI is InChI=1S/C10H21NS/c1-4-5-6-11-9(2)7-12-8-10(11)3/h9-10H,4-8H2,1-3H3. The van der Waals surface area contributed by atoms with Crippen molar-refractivity contribution in [3.05, 3.63) is 0 Å². The van der Waals surface area contributed by atoms with Crippen LogP contribution in [0.2, 0.25) is 0 Å². The first-order chi connectivity index (χ1) is 5.75. The monoisotopic (exact) mass is 187 g/mol. The summed E-state index contributed by atoms with van der Waals surface area (Å²) < 4.78 is 0. The van der Waals surface area contributed by atoms with E-state index in [4.69, 9.17) is 0 Å². The molecule has 72 valence electrons. The molecule has 0 bridgehead atoms. The number of rotatable bonds is 3. The Balaban J connectivity index is 2.34. The first-order valence-corrected chi connectivity index (χ1v) is 6.24. The maximum absolute atomic E-state index is 2.67. The molecule has 0 spiro atoms. The van der Waals surface area contributed by atoms with Crippen molar-refractivity contribution in [3.63, 3.8) is 0 Å². The van der Waals surface area contributed by atoms with Crippen LogP contribution in [-0.4, -0.2) is 35.0 Å². The molecule has 12 heavy (non-hydrogen) atoms. The number of nitrogens with zero attached hydrogens (tertiary/aromatic N) is 1. The van der Waals surface area contributed by atoms with Crippen molar-refractivity contribution in [2.45, 2.75) is 45.7 Å². The average Bonchev–Trinajstić information content (AvgIpc) is 2.04. The molecule has 2 heteroatoms. The van der Waals surface area contributed by atoms with Crippen LogP contribution in [0.4, 0.5) is 0 Å². The van der Waals surface area contributed by atoms with Crippen molar-refractivity contribution in [1.29, 1.82) is 0 Å². The smallest absolute Gasteiger partial charge is 0.0161 e. The highest BCUT2D eigenvalue weighted by atomic mass is 32.2.